The maximum Gasteiger partial charge on any atom is 0.407 e. The topological polar surface area (TPSA) is 50.4 Å². The Kier molecular flexibility index (Phi) is 5.53. The van der Waals surface area contributed by atoms with Crippen LogP contribution in [0.2, 0.25) is 0 Å². The van der Waals surface area contributed by atoms with Crippen LogP contribution in [0.1, 0.15) is 66.2 Å². The second kappa shape index (κ2) is 6.99. The van der Waals surface area contributed by atoms with Crippen LogP contribution in [0, 0.1) is 11.8 Å². The van der Waals surface area contributed by atoms with Crippen LogP contribution < -0.4 is 10.6 Å². The molecule has 4 nitrogen and oxygen atoms in total. The van der Waals surface area contributed by atoms with Gasteiger partial charge >= 0.3 is 6.09 Å². The smallest absolute Gasteiger partial charge is 0.407 e. The Morgan fingerprint density at radius 2 is 1.81 bits per heavy atom. The van der Waals surface area contributed by atoms with E-state index in [1.165, 1.54) is 25.7 Å². The van der Waals surface area contributed by atoms with E-state index in [1.807, 2.05) is 20.8 Å². The van der Waals surface area contributed by atoms with E-state index >= 15 is 0 Å². The zero-order valence-electron chi connectivity index (χ0n) is 14.1. The van der Waals surface area contributed by atoms with Crippen molar-refractivity contribution in [2.75, 3.05) is 6.54 Å². The molecule has 0 heterocycles. The largest absolute Gasteiger partial charge is 0.444 e. The van der Waals surface area contributed by atoms with Crippen molar-refractivity contribution < 1.29 is 9.53 Å². The molecule has 2 saturated carbocycles. The highest BCUT2D eigenvalue weighted by Gasteiger charge is 2.32. The predicted octanol–water partition coefficient (Wildman–Crippen LogP) is 3.46. The van der Waals surface area contributed by atoms with E-state index < -0.39 is 5.60 Å². The normalized spacial score (nSPS) is 33.1. The van der Waals surface area contributed by atoms with Crippen molar-refractivity contribution in [3.63, 3.8) is 0 Å². The van der Waals surface area contributed by atoms with Gasteiger partial charge in [-0.15, -0.1) is 0 Å². The Morgan fingerprint density at radius 1 is 1.14 bits per heavy atom. The molecule has 2 aliphatic carbocycles. The number of ether oxygens (including phenoxy) is 1. The summed E-state index contributed by atoms with van der Waals surface area (Å²) >= 11 is 0. The lowest BCUT2D eigenvalue weighted by molar-refractivity contribution is 0.0463. The van der Waals surface area contributed by atoms with E-state index in [0.29, 0.717) is 6.04 Å². The van der Waals surface area contributed by atoms with Gasteiger partial charge in [-0.1, -0.05) is 26.2 Å². The first-order valence-corrected chi connectivity index (χ1v) is 8.56. The average Bonchev–Trinajstić information content (AvgIpc) is 2.31. The Morgan fingerprint density at radius 3 is 2.43 bits per heavy atom. The molecule has 0 saturated heterocycles. The maximum atomic E-state index is 11.7. The molecule has 2 atom stereocenters. The van der Waals surface area contributed by atoms with Gasteiger partial charge in [-0.2, -0.15) is 0 Å². The van der Waals surface area contributed by atoms with Gasteiger partial charge in [-0.3, -0.25) is 0 Å². The highest BCUT2D eigenvalue weighted by molar-refractivity contribution is 5.68. The van der Waals surface area contributed by atoms with Crippen molar-refractivity contribution in [2.45, 2.75) is 83.9 Å². The van der Waals surface area contributed by atoms with Gasteiger partial charge in [0.15, 0.2) is 0 Å². The summed E-state index contributed by atoms with van der Waals surface area (Å²) in [6, 6.07) is 0.847. The molecule has 0 bridgehead atoms. The van der Waals surface area contributed by atoms with Crippen LogP contribution in [-0.2, 0) is 4.74 Å². The van der Waals surface area contributed by atoms with Crippen molar-refractivity contribution in [3.8, 4) is 0 Å². The predicted molar refractivity (Wildman–Crippen MR) is 85.3 cm³/mol. The van der Waals surface area contributed by atoms with Crippen LogP contribution >= 0.6 is 0 Å². The molecule has 2 fully saturated rings. The summed E-state index contributed by atoms with van der Waals surface area (Å²) in [5.41, 5.74) is -0.414. The molecule has 0 aliphatic heterocycles. The highest BCUT2D eigenvalue weighted by Crippen LogP contribution is 2.30. The molecule has 122 valence electrons. The van der Waals surface area contributed by atoms with Gasteiger partial charge in [0.05, 0.1) is 0 Å². The summed E-state index contributed by atoms with van der Waals surface area (Å²) in [4.78, 5) is 11.7. The molecule has 2 aliphatic rings. The van der Waals surface area contributed by atoms with Crippen molar-refractivity contribution in [1.29, 1.82) is 0 Å². The molecule has 0 radical (unpaired) electrons. The summed E-state index contributed by atoms with van der Waals surface area (Å²) in [7, 11) is 0. The number of hydrogen-bond acceptors (Lipinski definition) is 3. The van der Waals surface area contributed by atoms with Crippen LogP contribution in [0.3, 0.4) is 0 Å². The van der Waals surface area contributed by atoms with E-state index in [0.717, 1.165) is 31.2 Å². The van der Waals surface area contributed by atoms with Crippen LogP contribution in [-0.4, -0.2) is 30.3 Å². The Balaban J connectivity index is 1.58. The summed E-state index contributed by atoms with van der Waals surface area (Å²) in [5, 5.41) is 6.63. The van der Waals surface area contributed by atoms with Crippen molar-refractivity contribution in [1.82, 2.24) is 10.6 Å². The number of carbonyl (C=O) groups excluding carboxylic acids is 1. The maximum absolute atomic E-state index is 11.7. The summed E-state index contributed by atoms with van der Waals surface area (Å²) in [5.74, 6) is 1.71. The van der Waals surface area contributed by atoms with Crippen LogP contribution in [0.5, 0.6) is 0 Å². The first-order valence-electron chi connectivity index (χ1n) is 8.56. The van der Waals surface area contributed by atoms with Crippen molar-refractivity contribution in [3.05, 3.63) is 0 Å². The molecule has 4 heteroatoms. The van der Waals surface area contributed by atoms with Gasteiger partial charge in [0, 0.05) is 12.1 Å². The van der Waals surface area contributed by atoms with Crippen LogP contribution in [0.25, 0.3) is 0 Å². The van der Waals surface area contributed by atoms with Gasteiger partial charge in [0.2, 0.25) is 0 Å². The Labute approximate surface area is 129 Å². The summed E-state index contributed by atoms with van der Waals surface area (Å²) in [6.45, 7) is 9.21. The minimum absolute atomic E-state index is 0.279. The molecule has 2 unspecified atom stereocenters. The molecule has 0 aromatic carbocycles. The molecular formula is C17H32N2O2. The third-order valence-corrected chi connectivity index (χ3v) is 4.82. The average molecular weight is 296 g/mol. The first-order chi connectivity index (χ1) is 9.83. The number of nitrogens with one attached hydrogen (secondary N) is 2. The number of alkyl carbamates (subject to hydrolysis) is 1. The fourth-order valence-electron chi connectivity index (χ4n) is 3.39. The number of carbonyl (C=O) groups is 1. The molecule has 2 rings (SSSR count). The minimum atomic E-state index is -0.414. The molecule has 0 spiro atoms. The van der Waals surface area contributed by atoms with E-state index in [4.69, 9.17) is 4.74 Å². The Bertz CT molecular complexity index is 345. The monoisotopic (exact) mass is 296 g/mol. The lowest BCUT2D eigenvalue weighted by atomic mass is 9.79. The van der Waals surface area contributed by atoms with Crippen LogP contribution in [0.15, 0.2) is 0 Å². The molecule has 1 amide bonds. The number of rotatable bonds is 4. The van der Waals surface area contributed by atoms with E-state index in [9.17, 15) is 4.79 Å². The van der Waals surface area contributed by atoms with E-state index in [2.05, 4.69) is 17.6 Å². The first kappa shape index (κ1) is 16.6. The van der Waals surface area contributed by atoms with Crippen molar-refractivity contribution >= 4 is 6.09 Å². The molecule has 0 aromatic rings. The molecule has 0 aromatic heterocycles. The fraction of sp³-hybridized carbons (Fsp3) is 0.941. The lowest BCUT2D eigenvalue weighted by Gasteiger charge is -2.38. The fourth-order valence-corrected chi connectivity index (χ4v) is 3.39. The van der Waals surface area contributed by atoms with Gasteiger partial charge in [0.1, 0.15) is 5.60 Å². The number of hydrogen-bond donors (Lipinski definition) is 2. The van der Waals surface area contributed by atoms with Gasteiger partial charge in [0.25, 0.3) is 0 Å². The van der Waals surface area contributed by atoms with E-state index in [-0.39, 0.29) is 12.1 Å². The van der Waals surface area contributed by atoms with Crippen molar-refractivity contribution in [2.24, 2.45) is 11.8 Å². The standard InChI is InChI=1S/C17H32N2O2/c1-12-7-5-6-8-13(12)11-18-14-9-15(10-14)19-16(20)21-17(2,3)4/h12-15,18H,5-11H2,1-4H3,(H,19,20). The van der Waals surface area contributed by atoms with Gasteiger partial charge < -0.3 is 15.4 Å². The summed E-state index contributed by atoms with van der Waals surface area (Å²) < 4.78 is 5.28. The lowest BCUT2D eigenvalue weighted by Crippen LogP contribution is -2.54. The van der Waals surface area contributed by atoms with Gasteiger partial charge in [-0.25, -0.2) is 4.79 Å². The zero-order chi connectivity index (χ0) is 15.5. The van der Waals surface area contributed by atoms with Gasteiger partial charge in [-0.05, 0) is 58.4 Å². The third-order valence-electron chi connectivity index (χ3n) is 4.82. The quantitative estimate of drug-likeness (QED) is 0.835. The minimum Gasteiger partial charge on any atom is -0.444 e. The Hall–Kier alpha value is -0.770. The van der Waals surface area contributed by atoms with Crippen LogP contribution in [0.4, 0.5) is 4.79 Å². The molecule has 21 heavy (non-hydrogen) atoms. The summed E-state index contributed by atoms with van der Waals surface area (Å²) in [6.07, 6.45) is 7.33. The second-order valence-electron chi connectivity index (χ2n) is 7.94. The second-order valence-corrected chi connectivity index (χ2v) is 7.94. The zero-order valence-corrected chi connectivity index (χ0v) is 14.1. The third kappa shape index (κ3) is 5.50. The molecular weight excluding hydrogens is 264 g/mol. The number of amides is 1. The van der Waals surface area contributed by atoms with E-state index in [1.54, 1.807) is 0 Å². The molecule has 2 N–H and O–H groups in total. The highest BCUT2D eigenvalue weighted by atomic mass is 16.6. The SMILES string of the molecule is CC1CCCCC1CNC1CC(NC(=O)OC(C)(C)C)C1.